The van der Waals surface area contributed by atoms with E-state index in [1.807, 2.05) is 28.4 Å². The number of hydrogen-bond donors (Lipinski definition) is 1. The smallest absolute Gasteiger partial charge is 0.0591 e. The summed E-state index contributed by atoms with van der Waals surface area (Å²) in [7, 11) is 0. The molecule has 3 aromatic rings. The van der Waals surface area contributed by atoms with Crippen LogP contribution < -0.4 is 0 Å². The third-order valence-corrected chi connectivity index (χ3v) is 3.12. The van der Waals surface area contributed by atoms with Crippen molar-refractivity contribution in [1.29, 1.82) is 0 Å². The predicted octanol–water partition coefficient (Wildman–Crippen LogP) is 5.44. The Kier molecular flexibility index (Phi) is 6.68. The number of nitrogens with zero attached hydrogens (tertiary/aromatic N) is 1. The Bertz CT molecular complexity index is 641. The Labute approximate surface area is 127 Å². The highest BCUT2D eigenvalue weighted by Gasteiger charge is 1.96. The fourth-order valence-corrected chi connectivity index (χ4v) is 2.00. The van der Waals surface area contributed by atoms with Crippen LogP contribution >= 0.6 is 12.8 Å². The Morgan fingerprint density at radius 3 is 2.05 bits per heavy atom. The highest BCUT2D eigenvalue weighted by molar-refractivity contribution is 7.78. The number of aromatic nitrogens is 1. The number of benzene rings is 2. The molecule has 1 nitrogen and oxygen atoms in total. The van der Waals surface area contributed by atoms with Gasteiger partial charge in [-0.15, -0.1) is 13.2 Å². The van der Waals surface area contributed by atoms with Crippen LogP contribution in [0, 0.1) is 13.8 Å². The molecule has 0 aliphatic carbocycles. The third kappa shape index (κ3) is 4.63. The molecular formula is C18H21NS. The normalized spacial score (nSPS) is 9.15. The average molecular weight is 283 g/mol. The van der Waals surface area contributed by atoms with Gasteiger partial charge >= 0.3 is 0 Å². The lowest BCUT2D eigenvalue weighted by Gasteiger charge is -1.95. The molecule has 0 bridgehead atoms. The molecule has 2 heteroatoms. The van der Waals surface area contributed by atoms with Gasteiger partial charge in [0.05, 0.1) is 5.52 Å². The fourth-order valence-electron chi connectivity index (χ4n) is 1.76. The van der Waals surface area contributed by atoms with E-state index in [4.69, 9.17) is 0 Å². The van der Waals surface area contributed by atoms with E-state index < -0.39 is 0 Å². The van der Waals surface area contributed by atoms with Crippen molar-refractivity contribution < 1.29 is 0 Å². The number of aryl methyl sites for hydroxylation is 2. The van der Waals surface area contributed by atoms with Gasteiger partial charge in [0, 0.05) is 11.6 Å². The summed E-state index contributed by atoms with van der Waals surface area (Å²) in [4.78, 5) is 0. The number of thiol groups is 1. The lowest BCUT2D eigenvalue weighted by molar-refractivity contribution is 1.36. The van der Waals surface area contributed by atoms with E-state index in [0.717, 1.165) is 0 Å². The first-order valence-electron chi connectivity index (χ1n) is 6.45. The van der Waals surface area contributed by atoms with Crippen molar-refractivity contribution in [3.8, 4) is 0 Å². The van der Waals surface area contributed by atoms with Crippen LogP contribution in [0.25, 0.3) is 10.9 Å². The van der Waals surface area contributed by atoms with Crippen LogP contribution in [0.3, 0.4) is 0 Å². The standard InChI is InChI=1S/C9H9NS.C7H8.C2H4/c1-7-2-3-8-4-5-10(11)9(8)6-7;1-7-5-3-2-4-6-7;1-2/h2-6,11H,1H3;2-6H,1H3;1-2H2. The summed E-state index contributed by atoms with van der Waals surface area (Å²) < 4.78 is 1.84. The van der Waals surface area contributed by atoms with E-state index in [1.165, 1.54) is 22.0 Å². The van der Waals surface area contributed by atoms with E-state index in [2.05, 4.69) is 76.2 Å². The summed E-state index contributed by atoms with van der Waals surface area (Å²) in [6.07, 6.45) is 1.95. The topological polar surface area (TPSA) is 4.93 Å². The number of fused-ring (bicyclic) bond motifs is 1. The summed E-state index contributed by atoms with van der Waals surface area (Å²) >= 11 is 4.27. The number of hydrogen-bond acceptors (Lipinski definition) is 1. The maximum absolute atomic E-state index is 4.27. The zero-order valence-electron chi connectivity index (χ0n) is 12.1. The second-order valence-electron chi connectivity index (χ2n) is 4.38. The van der Waals surface area contributed by atoms with Gasteiger partial charge in [-0.05, 0) is 31.5 Å². The van der Waals surface area contributed by atoms with E-state index in [1.54, 1.807) is 0 Å². The lowest BCUT2D eigenvalue weighted by atomic mass is 10.2. The minimum atomic E-state index is 1.17. The molecule has 0 spiro atoms. The monoisotopic (exact) mass is 283 g/mol. The van der Waals surface area contributed by atoms with Gasteiger partial charge in [-0.25, -0.2) is 0 Å². The van der Waals surface area contributed by atoms with Gasteiger partial charge in [-0.1, -0.05) is 60.8 Å². The quantitative estimate of drug-likeness (QED) is 0.414. The molecule has 0 saturated heterocycles. The SMILES string of the molecule is C=C.Cc1ccc2ccn(S)c2c1.Cc1ccccc1. The van der Waals surface area contributed by atoms with Crippen molar-refractivity contribution in [1.82, 2.24) is 3.97 Å². The summed E-state index contributed by atoms with van der Waals surface area (Å²) in [6, 6.07) is 18.7. The molecule has 20 heavy (non-hydrogen) atoms. The van der Waals surface area contributed by atoms with Crippen LogP contribution in [0.4, 0.5) is 0 Å². The average Bonchev–Trinajstić information content (AvgIpc) is 2.84. The van der Waals surface area contributed by atoms with Crippen LogP contribution in [0.15, 0.2) is 74.0 Å². The van der Waals surface area contributed by atoms with E-state index >= 15 is 0 Å². The molecule has 3 rings (SSSR count). The third-order valence-electron chi connectivity index (χ3n) is 2.77. The lowest BCUT2D eigenvalue weighted by Crippen LogP contribution is -1.77. The Morgan fingerprint density at radius 2 is 1.50 bits per heavy atom. The summed E-state index contributed by atoms with van der Waals surface area (Å²) in [5, 5.41) is 1.24. The van der Waals surface area contributed by atoms with Gasteiger partial charge in [0.1, 0.15) is 0 Å². The predicted molar refractivity (Wildman–Crippen MR) is 93.5 cm³/mol. The zero-order valence-corrected chi connectivity index (χ0v) is 13.0. The Hall–Kier alpha value is -1.93. The molecule has 2 aromatic carbocycles. The molecule has 0 unspecified atom stereocenters. The first kappa shape index (κ1) is 16.1. The summed E-state index contributed by atoms with van der Waals surface area (Å²) in [5.41, 5.74) is 3.77. The minimum absolute atomic E-state index is 1.17. The first-order valence-corrected chi connectivity index (χ1v) is 6.85. The molecular weight excluding hydrogens is 262 g/mol. The molecule has 1 heterocycles. The second kappa shape index (κ2) is 8.28. The molecule has 0 aliphatic rings. The van der Waals surface area contributed by atoms with Crippen molar-refractivity contribution in [2.24, 2.45) is 0 Å². The van der Waals surface area contributed by atoms with Crippen molar-refractivity contribution in [2.45, 2.75) is 13.8 Å². The maximum Gasteiger partial charge on any atom is 0.0591 e. The molecule has 0 saturated carbocycles. The van der Waals surface area contributed by atoms with Gasteiger partial charge < -0.3 is 0 Å². The molecule has 0 N–H and O–H groups in total. The highest BCUT2D eigenvalue weighted by Crippen LogP contribution is 2.17. The van der Waals surface area contributed by atoms with Gasteiger partial charge in [-0.3, -0.25) is 3.97 Å². The Balaban J connectivity index is 0.000000193. The van der Waals surface area contributed by atoms with Gasteiger partial charge in [0.25, 0.3) is 0 Å². The van der Waals surface area contributed by atoms with E-state index in [0.29, 0.717) is 0 Å². The van der Waals surface area contributed by atoms with Gasteiger partial charge in [0.2, 0.25) is 0 Å². The largest absolute Gasteiger partial charge is 0.294 e. The van der Waals surface area contributed by atoms with E-state index in [-0.39, 0.29) is 0 Å². The maximum atomic E-state index is 4.27. The van der Waals surface area contributed by atoms with Crippen molar-refractivity contribution in [2.75, 3.05) is 0 Å². The molecule has 0 fully saturated rings. The molecule has 0 amide bonds. The van der Waals surface area contributed by atoms with Crippen LogP contribution in [0.5, 0.6) is 0 Å². The zero-order chi connectivity index (χ0) is 15.0. The Morgan fingerprint density at radius 1 is 0.850 bits per heavy atom. The van der Waals surface area contributed by atoms with Crippen LogP contribution in [-0.4, -0.2) is 3.97 Å². The fraction of sp³-hybridized carbons (Fsp3) is 0.111. The van der Waals surface area contributed by atoms with E-state index in [9.17, 15) is 0 Å². The summed E-state index contributed by atoms with van der Waals surface area (Å²) in [6.45, 7) is 10.2. The molecule has 1 aromatic heterocycles. The van der Waals surface area contributed by atoms with Crippen LogP contribution in [-0.2, 0) is 0 Å². The van der Waals surface area contributed by atoms with Crippen molar-refractivity contribution in [3.05, 3.63) is 85.1 Å². The molecule has 0 radical (unpaired) electrons. The molecule has 0 atom stereocenters. The molecule has 104 valence electrons. The minimum Gasteiger partial charge on any atom is -0.294 e. The van der Waals surface area contributed by atoms with Gasteiger partial charge in [-0.2, -0.15) is 0 Å². The van der Waals surface area contributed by atoms with Crippen LogP contribution in [0.2, 0.25) is 0 Å². The second-order valence-corrected chi connectivity index (χ2v) is 4.81. The first-order chi connectivity index (χ1) is 9.66. The summed E-state index contributed by atoms with van der Waals surface area (Å²) in [5.74, 6) is 0. The highest BCUT2D eigenvalue weighted by atomic mass is 32.1. The van der Waals surface area contributed by atoms with Gasteiger partial charge in [0.15, 0.2) is 0 Å². The van der Waals surface area contributed by atoms with Crippen molar-refractivity contribution >= 4 is 23.7 Å². The number of rotatable bonds is 0. The van der Waals surface area contributed by atoms with Crippen LogP contribution in [0.1, 0.15) is 11.1 Å². The van der Waals surface area contributed by atoms with Crippen molar-refractivity contribution in [3.63, 3.8) is 0 Å². The molecule has 0 aliphatic heterocycles.